The van der Waals surface area contributed by atoms with E-state index in [-0.39, 0.29) is 0 Å². The summed E-state index contributed by atoms with van der Waals surface area (Å²) in [5.74, 6) is 0. The van der Waals surface area contributed by atoms with Crippen LogP contribution in [0.3, 0.4) is 0 Å². The Bertz CT molecular complexity index is 104. The maximum atomic E-state index is 11.2. The molecule has 0 saturated carbocycles. The van der Waals surface area contributed by atoms with E-state index in [0.29, 0.717) is 0 Å². The van der Waals surface area contributed by atoms with Gasteiger partial charge in [-0.1, -0.05) is 28.1 Å². The maximum Gasteiger partial charge on any atom is 0.120 e. The fraction of sp³-hybridized carbons (Fsp3) is 1.00. The summed E-state index contributed by atoms with van der Waals surface area (Å²) in [5.41, 5.74) is 0. The van der Waals surface area contributed by atoms with Gasteiger partial charge < -0.3 is 9.65 Å². The highest BCUT2D eigenvalue weighted by molar-refractivity contribution is 7.48. The molecule has 0 aromatic carbocycles. The Morgan fingerprint density at radius 2 is 1.70 bits per heavy atom. The molecule has 1 atom stereocenters. The second-order valence-electron chi connectivity index (χ2n) is 3.48. The standard InChI is InChI=1S/C5H16N2OPSi/c1-7(2)9(8)6-10(3,4)5/h6H,1-5H3/q-1. The van der Waals surface area contributed by atoms with Gasteiger partial charge in [-0.15, -0.1) is 0 Å². The fourth-order valence-corrected chi connectivity index (χ4v) is 3.48. The van der Waals surface area contributed by atoms with Crippen molar-refractivity contribution in [3.8, 4) is 0 Å². The molecular weight excluding hydrogens is 163 g/mol. The van der Waals surface area contributed by atoms with Gasteiger partial charge in [0.15, 0.2) is 0 Å². The van der Waals surface area contributed by atoms with Crippen molar-refractivity contribution >= 4 is 16.7 Å². The van der Waals surface area contributed by atoms with Crippen molar-refractivity contribution < 1.29 is 4.89 Å². The van der Waals surface area contributed by atoms with Gasteiger partial charge in [-0.05, 0) is 14.1 Å². The highest BCUT2D eigenvalue weighted by atomic mass is 31.2. The summed E-state index contributed by atoms with van der Waals surface area (Å²) in [7, 11) is 0.932. The molecule has 0 aromatic rings. The highest BCUT2D eigenvalue weighted by Crippen LogP contribution is 2.23. The zero-order valence-corrected chi connectivity index (χ0v) is 9.20. The molecule has 0 aliphatic rings. The molecule has 0 radical (unpaired) electrons. The predicted molar refractivity (Wildman–Crippen MR) is 47.1 cm³/mol. The third-order valence-corrected chi connectivity index (χ3v) is 4.97. The minimum atomic E-state index is -1.36. The average molecular weight is 179 g/mol. The Morgan fingerprint density at radius 3 is 1.80 bits per heavy atom. The minimum Gasteiger partial charge on any atom is -0.806 e. The molecule has 0 amide bonds. The first-order valence-electron chi connectivity index (χ1n) is 3.25. The van der Waals surface area contributed by atoms with Crippen LogP contribution in [0.25, 0.3) is 0 Å². The molecule has 0 heterocycles. The second kappa shape index (κ2) is 3.79. The molecule has 0 aliphatic carbocycles. The van der Waals surface area contributed by atoms with Gasteiger partial charge in [0.2, 0.25) is 0 Å². The van der Waals surface area contributed by atoms with Gasteiger partial charge in [-0.2, -0.15) is 0 Å². The third-order valence-electron chi connectivity index (χ3n) is 0.794. The van der Waals surface area contributed by atoms with Crippen LogP contribution in [0.2, 0.25) is 19.6 Å². The normalized spacial score (nSPS) is 15.9. The molecule has 0 rings (SSSR count). The lowest BCUT2D eigenvalue weighted by molar-refractivity contribution is -0.170. The summed E-state index contributed by atoms with van der Waals surface area (Å²) in [6.45, 7) is 6.39. The van der Waals surface area contributed by atoms with Gasteiger partial charge in [0.25, 0.3) is 0 Å². The maximum absolute atomic E-state index is 11.2. The van der Waals surface area contributed by atoms with E-state index in [2.05, 4.69) is 24.4 Å². The molecule has 3 nitrogen and oxygen atoms in total. The summed E-state index contributed by atoms with van der Waals surface area (Å²) < 4.78 is 4.79. The van der Waals surface area contributed by atoms with Gasteiger partial charge in [0, 0.05) is 0 Å². The summed E-state index contributed by atoms with van der Waals surface area (Å²) in [6, 6.07) is 0. The molecule has 1 N–H and O–H groups in total. The van der Waals surface area contributed by atoms with Crippen LogP contribution in [-0.4, -0.2) is 27.0 Å². The van der Waals surface area contributed by atoms with E-state index in [0.717, 1.165) is 0 Å². The highest BCUT2D eigenvalue weighted by Gasteiger charge is 2.13. The second-order valence-corrected chi connectivity index (χ2v) is 10.2. The van der Waals surface area contributed by atoms with Gasteiger partial charge in [0.05, 0.1) is 0 Å². The van der Waals surface area contributed by atoms with Crippen molar-refractivity contribution in [2.24, 2.45) is 0 Å². The Kier molecular flexibility index (Phi) is 3.99. The van der Waals surface area contributed by atoms with Crippen molar-refractivity contribution in [1.29, 1.82) is 0 Å². The first-order chi connectivity index (χ1) is 4.33. The van der Waals surface area contributed by atoms with Gasteiger partial charge in [0.1, 0.15) is 8.24 Å². The zero-order valence-electron chi connectivity index (χ0n) is 7.30. The summed E-state index contributed by atoms with van der Waals surface area (Å²) in [6.07, 6.45) is 0. The molecule has 0 saturated heterocycles. The smallest absolute Gasteiger partial charge is 0.120 e. The van der Waals surface area contributed by atoms with Crippen molar-refractivity contribution in [2.75, 3.05) is 14.1 Å². The number of nitrogens with one attached hydrogen (secondary N) is 1. The van der Waals surface area contributed by atoms with Crippen LogP contribution >= 0.6 is 8.45 Å². The molecule has 0 spiro atoms. The summed E-state index contributed by atoms with van der Waals surface area (Å²) >= 11 is 0. The fourth-order valence-electron chi connectivity index (χ4n) is 0.387. The Labute approximate surface area is 65.5 Å². The molecular formula is C5H16N2OPSi-. The molecule has 0 bridgehead atoms. The molecule has 0 aromatic heterocycles. The van der Waals surface area contributed by atoms with Gasteiger partial charge in [-0.3, -0.25) is 4.67 Å². The van der Waals surface area contributed by atoms with Crippen molar-refractivity contribution in [1.82, 2.24) is 9.42 Å². The molecule has 10 heavy (non-hydrogen) atoms. The lowest BCUT2D eigenvalue weighted by Gasteiger charge is -2.36. The van der Waals surface area contributed by atoms with Crippen molar-refractivity contribution in [3.05, 3.63) is 0 Å². The first kappa shape index (κ1) is 10.5. The van der Waals surface area contributed by atoms with Crippen LogP contribution in [0.1, 0.15) is 0 Å². The minimum absolute atomic E-state index is 1.33. The quantitative estimate of drug-likeness (QED) is 0.508. The van der Waals surface area contributed by atoms with Crippen molar-refractivity contribution in [2.45, 2.75) is 19.6 Å². The van der Waals surface area contributed by atoms with E-state index >= 15 is 0 Å². The molecule has 0 fully saturated rings. The van der Waals surface area contributed by atoms with E-state index in [4.69, 9.17) is 0 Å². The van der Waals surface area contributed by atoms with E-state index in [1.807, 2.05) is 14.1 Å². The topological polar surface area (TPSA) is 38.3 Å². The van der Waals surface area contributed by atoms with Crippen LogP contribution < -0.4 is 9.65 Å². The Morgan fingerprint density at radius 1 is 1.30 bits per heavy atom. The average Bonchev–Trinajstić information content (AvgIpc) is 1.60. The lowest BCUT2D eigenvalue weighted by Crippen LogP contribution is -2.42. The van der Waals surface area contributed by atoms with E-state index in [1.165, 1.54) is 0 Å². The summed E-state index contributed by atoms with van der Waals surface area (Å²) in [5, 5.41) is 0. The van der Waals surface area contributed by atoms with E-state index in [9.17, 15) is 4.89 Å². The van der Waals surface area contributed by atoms with E-state index in [1.54, 1.807) is 4.67 Å². The third kappa shape index (κ3) is 5.32. The SMILES string of the molecule is CN(C)P([O-])N[Si](C)(C)C. The Balaban J connectivity index is 3.68. The molecule has 1 unspecified atom stereocenters. The van der Waals surface area contributed by atoms with Gasteiger partial charge in [-0.25, -0.2) is 0 Å². The predicted octanol–water partition coefficient (Wildman–Crippen LogP) is 0.560. The zero-order chi connectivity index (χ0) is 8.36. The van der Waals surface area contributed by atoms with Crippen molar-refractivity contribution in [3.63, 3.8) is 0 Å². The van der Waals surface area contributed by atoms with Crippen LogP contribution in [0, 0.1) is 0 Å². The Hall–Kier alpha value is 0.527. The van der Waals surface area contributed by atoms with Crippen LogP contribution in [0.4, 0.5) is 0 Å². The number of nitrogens with zero attached hydrogens (tertiary/aromatic N) is 1. The van der Waals surface area contributed by atoms with E-state index < -0.39 is 16.7 Å². The van der Waals surface area contributed by atoms with Crippen LogP contribution in [0.5, 0.6) is 0 Å². The number of rotatable bonds is 3. The van der Waals surface area contributed by atoms with Crippen LogP contribution in [-0.2, 0) is 0 Å². The molecule has 5 heteroatoms. The van der Waals surface area contributed by atoms with Gasteiger partial charge >= 0.3 is 0 Å². The lowest BCUT2D eigenvalue weighted by atomic mass is 11.3. The first-order valence-corrected chi connectivity index (χ1v) is 7.96. The number of hydrogen-bond acceptors (Lipinski definition) is 3. The largest absolute Gasteiger partial charge is 0.806 e. The molecule has 62 valence electrons. The monoisotopic (exact) mass is 179 g/mol. The molecule has 0 aliphatic heterocycles. The number of hydrogen-bond donors (Lipinski definition) is 1. The summed E-state index contributed by atoms with van der Waals surface area (Å²) in [4.78, 5) is 11.2. The van der Waals surface area contributed by atoms with Crippen LogP contribution in [0.15, 0.2) is 0 Å².